The van der Waals surface area contributed by atoms with E-state index >= 15 is 0 Å². The molecular weight excluding hydrogens is 418 g/mol. The maximum absolute atomic E-state index is 13.4. The summed E-state index contributed by atoms with van der Waals surface area (Å²) in [5.41, 5.74) is 3.24. The van der Waals surface area contributed by atoms with Gasteiger partial charge < -0.3 is 18.9 Å². The van der Waals surface area contributed by atoms with Crippen LogP contribution in [0.4, 0.5) is 0 Å². The van der Waals surface area contributed by atoms with Gasteiger partial charge in [0.1, 0.15) is 28.8 Å². The summed E-state index contributed by atoms with van der Waals surface area (Å²) in [6.45, 7) is 0. The molecule has 0 aromatic heterocycles. The zero-order chi connectivity index (χ0) is 22.6. The van der Waals surface area contributed by atoms with Crippen molar-refractivity contribution in [2.75, 3.05) is 7.11 Å². The number of esters is 1. The number of fused-ring (bicyclic) bond motifs is 5. The Morgan fingerprint density at radius 3 is 2.55 bits per heavy atom. The molecule has 33 heavy (non-hydrogen) atoms. The first kappa shape index (κ1) is 20.3. The second-order valence-electron chi connectivity index (χ2n) is 9.43. The molecule has 6 rings (SSSR count). The normalized spacial score (nSPS) is 27.0. The second-order valence-corrected chi connectivity index (χ2v) is 9.43. The molecule has 6 heteroatoms. The van der Waals surface area contributed by atoms with Crippen LogP contribution in [0.1, 0.15) is 66.9 Å². The van der Waals surface area contributed by atoms with Crippen LogP contribution in [0.2, 0.25) is 0 Å². The van der Waals surface area contributed by atoms with Gasteiger partial charge in [-0.1, -0.05) is 12.5 Å². The van der Waals surface area contributed by atoms with E-state index < -0.39 is 17.5 Å². The number of hydrogen-bond acceptors (Lipinski definition) is 6. The maximum atomic E-state index is 13.4. The first-order chi connectivity index (χ1) is 16.0. The minimum absolute atomic E-state index is 0.344. The molecule has 2 aromatic carbocycles. The SMILES string of the molecule is COc1ccc([C@]23Cc4cc(C#N)ccc4[C@H](O2)C2=C(CC4(CCCCC4)OC2=O)O3)cc1. The van der Waals surface area contributed by atoms with Crippen molar-refractivity contribution < 1.29 is 23.7 Å². The Morgan fingerprint density at radius 2 is 1.82 bits per heavy atom. The molecule has 1 fully saturated rings. The van der Waals surface area contributed by atoms with Gasteiger partial charge in [-0.15, -0.1) is 0 Å². The Labute approximate surface area is 192 Å². The van der Waals surface area contributed by atoms with Gasteiger partial charge in [-0.05, 0) is 73.2 Å². The van der Waals surface area contributed by atoms with Crippen LogP contribution in [0.3, 0.4) is 0 Å². The van der Waals surface area contributed by atoms with Crippen LogP contribution in [0.5, 0.6) is 5.75 Å². The van der Waals surface area contributed by atoms with Gasteiger partial charge in [-0.3, -0.25) is 0 Å². The lowest BCUT2D eigenvalue weighted by Crippen LogP contribution is -2.51. The van der Waals surface area contributed by atoms with Crippen LogP contribution >= 0.6 is 0 Å². The van der Waals surface area contributed by atoms with Gasteiger partial charge in [0.15, 0.2) is 0 Å². The molecule has 6 nitrogen and oxygen atoms in total. The number of carbonyl (C=O) groups is 1. The Morgan fingerprint density at radius 1 is 1.03 bits per heavy atom. The van der Waals surface area contributed by atoms with Crippen molar-refractivity contribution in [3.05, 3.63) is 76.1 Å². The number of hydrogen-bond donors (Lipinski definition) is 0. The van der Waals surface area contributed by atoms with Gasteiger partial charge in [-0.25, -0.2) is 4.79 Å². The molecule has 2 aromatic rings. The average Bonchev–Trinajstić information content (AvgIpc) is 2.83. The van der Waals surface area contributed by atoms with Gasteiger partial charge in [0.25, 0.3) is 0 Å². The monoisotopic (exact) mass is 443 g/mol. The lowest BCUT2D eigenvalue weighted by Gasteiger charge is -2.51. The Kier molecular flexibility index (Phi) is 4.53. The third-order valence-corrected chi connectivity index (χ3v) is 7.44. The number of benzene rings is 2. The highest BCUT2D eigenvalue weighted by Crippen LogP contribution is 2.55. The number of methoxy groups -OCH3 is 1. The van der Waals surface area contributed by atoms with Crippen LogP contribution in [-0.2, 0) is 31.2 Å². The molecule has 168 valence electrons. The van der Waals surface area contributed by atoms with E-state index in [0.717, 1.165) is 48.1 Å². The number of nitrogens with zero attached hydrogens (tertiary/aromatic N) is 1. The molecule has 3 heterocycles. The highest BCUT2D eigenvalue weighted by Gasteiger charge is 2.55. The summed E-state index contributed by atoms with van der Waals surface area (Å²) in [5.74, 6) is 0.0105. The van der Waals surface area contributed by atoms with E-state index in [4.69, 9.17) is 18.9 Å². The minimum atomic E-state index is -1.08. The van der Waals surface area contributed by atoms with Crippen LogP contribution in [-0.4, -0.2) is 18.7 Å². The third-order valence-electron chi connectivity index (χ3n) is 7.44. The predicted molar refractivity (Wildman–Crippen MR) is 118 cm³/mol. The molecule has 2 atom stereocenters. The van der Waals surface area contributed by atoms with Crippen LogP contribution < -0.4 is 4.74 Å². The summed E-state index contributed by atoms with van der Waals surface area (Å²) >= 11 is 0. The van der Waals surface area contributed by atoms with Crippen molar-refractivity contribution >= 4 is 5.97 Å². The predicted octanol–water partition coefficient (Wildman–Crippen LogP) is 4.97. The van der Waals surface area contributed by atoms with E-state index in [1.54, 1.807) is 13.2 Å². The van der Waals surface area contributed by atoms with E-state index in [9.17, 15) is 10.1 Å². The molecule has 0 radical (unpaired) electrons. The lowest BCUT2D eigenvalue weighted by molar-refractivity contribution is -0.278. The molecular formula is C27H25NO5. The van der Waals surface area contributed by atoms with Crippen LogP contribution in [0.25, 0.3) is 0 Å². The smallest absolute Gasteiger partial charge is 0.341 e. The molecule has 1 aliphatic carbocycles. The fraction of sp³-hybridized carbons (Fsp3) is 0.407. The third kappa shape index (κ3) is 3.14. The van der Waals surface area contributed by atoms with Crippen molar-refractivity contribution in [3.63, 3.8) is 0 Å². The van der Waals surface area contributed by atoms with E-state index in [0.29, 0.717) is 29.7 Å². The molecule has 0 unspecified atom stereocenters. The summed E-state index contributed by atoms with van der Waals surface area (Å²) in [7, 11) is 1.63. The topological polar surface area (TPSA) is 77.8 Å². The fourth-order valence-corrected chi connectivity index (χ4v) is 5.79. The van der Waals surface area contributed by atoms with E-state index in [2.05, 4.69) is 6.07 Å². The highest BCUT2D eigenvalue weighted by molar-refractivity contribution is 5.92. The summed E-state index contributed by atoms with van der Waals surface area (Å²) in [5, 5.41) is 9.44. The first-order valence-electron chi connectivity index (χ1n) is 11.6. The van der Waals surface area contributed by atoms with Crippen LogP contribution in [0, 0.1) is 11.3 Å². The molecule has 2 bridgehead atoms. The molecule has 1 saturated carbocycles. The zero-order valence-corrected chi connectivity index (χ0v) is 18.6. The summed E-state index contributed by atoms with van der Waals surface area (Å²) in [6.07, 6.45) is 5.43. The molecule has 0 amide bonds. The highest BCUT2D eigenvalue weighted by atomic mass is 16.7. The molecule has 3 aliphatic heterocycles. The number of rotatable bonds is 2. The van der Waals surface area contributed by atoms with E-state index in [1.165, 1.54) is 6.42 Å². The Balaban J connectivity index is 1.50. The summed E-state index contributed by atoms with van der Waals surface area (Å²) < 4.78 is 24.7. The maximum Gasteiger partial charge on any atom is 0.341 e. The van der Waals surface area contributed by atoms with Gasteiger partial charge in [0, 0.05) is 18.4 Å². The van der Waals surface area contributed by atoms with Crippen molar-refractivity contribution in [3.8, 4) is 11.8 Å². The van der Waals surface area contributed by atoms with Crippen molar-refractivity contribution in [2.24, 2.45) is 0 Å². The van der Waals surface area contributed by atoms with Gasteiger partial charge in [0.2, 0.25) is 5.79 Å². The average molecular weight is 443 g/mol. The number of ether oxygens (including phenoxy) is 4. The first-order valence-corrected chi connectivity index (χ1v) is 11.6. The standard InChI is InChI=1S/C27H25NO5/c1-30-20-8-6-19(7-9-20)27-14-18-13-17(16-28)5-10-21(18)24(32-27)23-22(31-27)15-26(33-25(23)29)11-3-2-4-12-26/h5-10,13,24H,2-4,11-12,14-15H2,1H3/t24-,27-/m0/s1. The molecule has 1 spiro atoms. The largest absolute Gasteiger partial charge is 0.497 e. The van der Waals surface area contributed by atoms with Gasteiger partial charge in [0.05, 0.1) is 18.7 Å². The van der Waals surface area contributed by atoms with Crippen LogP contribution in [0.15, 0.2) is 53.8 Å². The summed E-state index contributed by atoms with van der Waals surface area (Å²) in [6, 6.07) is 15.4. The van der Waals surface area contributed by atoms with Crippen molar-refractivity contribution in [2.45, 2.75) is 62.4 Å². The molecule has 0 saturated heterocycles. The van der Waals surface area contributed by atoms with Gasteiger partial charge in [-0.2, -0.15) is 5.26 Å². The quantitative estimate of drug-likeness (QED) is 0.610. The fourth-order valence-electron chi connectivity index (χ4n) is 5.79. The number of nitriles is 1. The zero-order valence-electron chi connectivity index (χ0n) is 18.6. The molecule has 0 N–H and O–H groups in total. The van der Waals surface area contributed by atoms with Gasteiger partial charge >= 0.3 is 5.97 Å². The minimum Gasteiger partial charge on any atom is -0.497 e. The molecule has 4 aliphatic rings. The van der Waals surface area contributed by atoms with Crippen molar-refractivity contribution in [1.82, 2.24) is 0 Å². The van der Waals surface area contributed by atoms with E-state index in [1.807, 2.05) is 36.4 Å². The summed E-state index contributed by atoms with van der Waals surface area (Å²) in [4.78, 5) is 13.4. The lowest BCUT2D eigenvalue weighted by atomic mass is 9.77. The van der Waals surface area contributed by atoms with Crippen molar-refractivity contribution in [1.29, 1.82) is 5.26 Å². The Bertz CT molecular complexity index is 1200. The van der Waals surface area contributed by atoms with E-state index in [-0.39, 0.29) is 5.97 Å². The Hall–Kier alpha value is -3.30. The number of carbonyl (C=O) groups excluding carboxylic acids is 1. The second kappa shape index (κ2) is 7.36.